The molecule has 0 radical (unpaired) electrons. The van der Waals surface area contributed by atoms with Crippen LogP contribution in [0.4, 0.5) is 15.9 Å². The van der Waals surface area contributed by atoms with Gasteiger partial charge in [0.15, 0.2) is 0 Å². The monoisotopic (exact) mass is 824 g/mol. The highest BCUT2D eigenvalue weighted by Gasteiger charge is 2.64. The summed E-state index contributed by atoms with van der Waals surface area (Å²) in [5.74, 6) is 0.276. The predicted octanol–water partition coefficient (Wildman–Crippen LogP) is 5.16. The number of pyridine rings is 1. The largest absolute Gasteiger partial charge is 0.489 e. The van der Waals surface area contributed by atoms with Gasteiger partial charge in [-0.05, 0) is 67.1 Å². The summed E-state index contributed by atoms with van der Waals surface area (Å²) < 4.78 is 21.8. The maximum atomic E-state index is 15.4. The van der Waals surface area contributed by atoms with Crippen LogP contribution in [0.3, 0.4) is 0 Å². The van der Waals surface area contributed by atoms with Crippen LogP contribution in [-0.2, 0) is 16.1 Å². The molecule has 13 nitrogen and oxygen atoms in total. The number of piperazine rings is 1. The van der Waals surface area contributed by atoms with Gasteiger partial charge in [0.2, 0.25) is 11.8 Å². The summed E-state index contributed by atoms with van der Waals surface area (Å²) in [5, 5.41) is 15.1. The standard InChI is InChI=1S/C44H50ClFN8O5/c1-43(2)41(44(3,4)42(43)59-30-7-5-27(22-47)32(45)20-30)50-38(56)28-6-9-36(48-23-28)53-13-11-26(12-14-53)24-51-15-17-52(18-16-51)35-21-31-29(19-33(35)46)25-54(40(31)58)34-8-10-37(55)49-39(34)57/h5-7,9,19-21,23,26,34,41-42H,8,10-18,24-25H2,1-4H3,(H,50,56)(H,49,55,57)/t34?,41-,42-. The van der Waals surface area contributed by atoms with Crippen molar-refractivity contribution in [3.63, 3.8) is 0 Å². The number of benzene rings is 2. The smallest absolute Gasteiger partial charge is 0.255 e. The Labute approximate surface area is 348 Å². The van der Waals surface area contributed by atoms with Gasteiger partial charge in [0.25, 0.3) is 11.8 Å². The van der Waals surface area contributed by atoms with Crippen molar-refractivity contribution in [2.75, 3.05) is 55.6 Å². The highest BCUT2D eigenvalue weighted by Crippen LogP contribution is 2.55. The number of carbonyl (C=O) groups excluding carboxylic acids is 4. The minimum atomic E-state index is -0.732. The SMILES string of the molecule is CC1(C)[C@H](NC(=O)c2ccc(N3CCC(CN4CCN(c5cc6c(cc5F)CN(C5CCC(=O)NC5=O)C6=O)CC4)CC3)nc2)C(C)(C)[C@H]1Oc1ccc(C#N)c(Cl)c1. The van der Waals surface area contributed by atoms with E-state index in [9.17, 15) is 24.4 Å². The number of rotatable bonds is 9. The molecule has 5 heterocycles. The van der Waals surface area contributed by atoms with Crippen molar-refractivity contribution in [1.82, 2.24) is 25.4 Å². The van der Waals surface area contributed by atoms with Crippen molar-refractivity contribution in [2.24, 2.45) is 16.7 Å². The first-order chi connectivity index (χ1) is 28.1. The summed E-state index contributed by atoms with van der Waals surface area (Å²) in [6.07, 6.45) is 3.91. The molecule has 8 rings (SSSR count). The van der Waals surface area contributed by atoms with Crippen LogP contribution >= 0.6 is 11.6 Å². The molecule has 5 aliphatic rings. The van der Waals surface area contributed by atoms with Crippen LogP contribution < -0.4 is 25.2 Å². The Hall–Kier alpha value is -5.26. The highest BCUT2D eigenvalue weighted by atomic mass is 35.5. The highest BCUT2D eigenvalue weighted by molar-refractivity contribution is 6.31. The number of piperidine rings is 2. The topological polar surface area (TPSA) is 151 Å². The Morgan fingerprint density at radius 2 is 1.71 bits per heavy atom. The molecule has 310 valence electrons. The number of nitrogens with zero attached hydrogens (tertiary/aromatic N) is 6. The molecule has 15 heteroatoms. The molecule has 0 spiro atoms. The molecule has 0 bridgehead atoms. The predicted molar refractivity (Wildman–Crippen MR) is 220 cm³/mol. The first-order valence-electron chi connectivity index (χ1n) is 20.5. The maximum absolute atomic E-state index is 15.4. The minimum absolute atomic E-state index is 0.151. The van der Waals surface area contributed by atoms with Crippen molar-refractivity contribution >= 4 is 46.7 Å². The summed E-state index contributed by atoms with van der Waals surface area (Å²) in [6, 6.07) is 13.0. The molecule has 1 aromatic heterocycles. The van der Waals surface area contributed by atoms with Gasteiger partial charge < -0.3 is 24.8 Å². The Bertz CT molecular complexity index is 2190. The van der Waals surface area contributed by atoms with Gasteiger partial charge in [-0.15, -0.1) is 0 Å². The number of fused-ring (bicyclic) bond motifs is 1. The fourth-order valence-corrected chi connectivity index (χ4v) is 10.4. The number of amides is 4. The van der Waals surface area contributed by atoms with Crippen molar-refractivity contribution in [3.8, 4) is 11.8 Å². The number of anilines is 2. The lowest BCUT2D eigenvalue weighted by molar-refractivity contribution is -0.164. The molecule has 1 atom stereocenters. The number of ether oxygens (including phenoxy) is 1. The number of aromatic nitrogens is 1. The number of imide groups is 1. The Morgan fingerprint density at radius 3 is 2.36 bits per heavy atom. The van der Waals surface area contributed by atoms with E-state index in [0.717, 1.165) is 51.4 Å². The number of nitriles is 1. The van der Waals surface area contributed by atoms with Crippen LogP contribution in [0, 0.1) is 33.9 Å². The molecule has 2 N–H and O–H groups in total. The summed E-state index contributed by atoms with van der Waals surface area (Å²) in [4.78, 5) is 63.7. The molecular formula is C44H50ClFN8O5. The van der Waals surface area contributed by atoms with Gasteiger partial charge in [0.1, 0.15) is 35.6 Å². The van der Waals surface area contributed by atoms with Gasteiger partial charge >= 0.3 is 0 Å². The van der Waals surface area contributed by atoms with Crippen LogP contribution in [0.25, 0.3) is 0 Å². The van der Waals surface area contributed by atoms with Gasteiger partial charge in [-0.25, -0.2) is 9.37 Å². The molecule has 3 aromatic rings. The molecule has 59 heavy (non-hydrogen) atoms. The second-order valence-corrected chi connectivity index (χ2v) is 18.2. The van der Waals surface area contributed by atoms with Crippen LogP contribution in [0.2, 0.25) is 5.02 Å². The quantitative estimate of drug-likeness (QED) is 0.277. The zero-order valence-electron chi connectivity index (χ0n) is 33.9. The average Bonchev–Trinajstić information content (AvgIpc) is 3.53. The van der Waals surface area contributed by atoms with Gasteiger partial charge in [-0.3, -0.25) is 29.4 Å². The van der Waals surface area contributed by atoms with Gasteiger partial charge in [0.05, 0.1) is 21.8 Å². The molecule has 4 amide bonds. The van der Waals surface area contributed by atoms with Crippen LogP contribution in [0.15, 0.2) is 48.7 Å². The van der Waals surface area contributed by atoms with Crippen molar-refractivity contribution in [1.29, 1.82) is 5.26 Å². The van der Waals surface area contributed by atoms with E-state index in [1.165, 1.54) is 11.0 Å². The van der Waals surface area contributed by atoms with Crippen LogP contribution in [0.1, 0.15) is 85.2 Å². The van der Waals surface area contributed by atoms with Gasteiger partial charge in [-0.2, -0.15) is 5.26 Å². The lowest BCUT2D eigenvalue weighted by Crippen LogP contribution is -2.74. The van der Waals surface area contributed by atoms with E-state index in [4.69, 9.17) is 21.3 Å². The van der Waals surface area contributed by atoms with Gasteiger partial charge in [-0.1, -0.05) is 39.3 Å². The van der Waals surface area contributed by atoms with E-state index < -0.39 is 11.9 Å². The van der Waals surface area contributed by atoms with Gasteiger partial charge in [0, 0.05) is 93.5 Å². The number of carbonyl (C=O) groups is 4. The number of hydrogen-bond acceptors (Lipinski definition) is 10. The third-order valence-electron chi connectivity index (χ3n) is 13.2. The molecule has 4 fully saturated rings. The normalized spacial score (nSPS) is 24.3. The molecule has 1 aliphatic carbocycles. The van der Waals surface area contributed by atoms with Crippen LogP contribution in [0.5, 0.6) is 5.75 Å². The van der Waals surface area contributed by atoms with E-state index in [-0.39, 0.29) is 65.9 Å². The number of halogens is 2. The average molecular weight is 825 g/mol. The second kappa shape index (κ2) is 15.7. The lowest BCUT2D eigenvalue weighted by atomic mass is 9.49. The molecular weight excluding hydrogens is 775 g/mol. The summed E-state index contributed by atoms with van der Waals surface area (Å²) in [6.45, 7) is 14.0. The summed E-state index contributed by atoms with van der Waals surface area (Å²) in [7, 11) is 0. The zero-order valence-corrected chi connectivity index (χ0v) is 34.6. The van der Waals surface area contributed by atoms with Crippen molar-refractivity contribution in [2.45, 2.75) is 78.1 Å². The Kier molecular flexibility index (Phi) is 10.8. The van der Waals surface area contributed by atoms with Crippen molar-refractivity contribution < 1.29 is 28.3 Å². The zero-order chi connectivity index (χ0) is 41.8. The van der Waals surface area contributed by atoms with E-state index in [0.29, 0.717) is 57.7 Å². The first kappa shape index (κ1) is 40.5. The Balaban J connectivity index is 0.792. The number of hydrogen-bond donors (Lipinski definition) is 2. The van der Waals surface area contributed by atoms with E-state index in [1.54, 1.807) is 30.5 Å². The fourth-order valence-electron chi connectivity index (χ4n) is 10.2. The molecule has 1 unspecified atom stereocenters. The molecule has 1 saturated carbocycles. The lowest BCUT2D eigenvalue weighted by Gasteiger charge is -2.63. The summed E-state index contributed by atoms with van der Waals surface area (Å²) >= 11 is 6.25. The number of nitrogens with one attached hydrogen (secondary N) is 2. The third kappa shape index (κ3) is 7.71. The molecule has 2 aromatic carbocycles. The minimum Gasteiger partial charge on any atom is -0.489 e. The third-order valence-corrected chi connectivity index (χ3v) is 13.5. The maximum Gasteiger partial charge on any atom is 0.255 e. The van der Waals surface area contributed by atoms with Crippen molar-refractivity contribution in [3.05, 3.63) is 81.8 Å². The fraction of sp³-hybridized carbons (Fsp3) is 0.500. The van der Waals surface area contributed by atoms with E-state index in [2.05, 4.69) is 54.2 Å². The first-order valence-corrected chi connectivity index (χ1v) is 20.8. The molecule has 3 saturated heterocycles. The Morgan fingerprint density at radius 1 is 0.983 bits per heavy atom. The van der Waals surface area contributed by atoms with E-state index in [1.807, 2.05) is 17.0 Å². The second-order valence-electron chi connectivity index (χ2n) is 17.8. The summed E-state index contributed by atoms with van der Waals surface area (Å²) in [5.41, 5.74) is 1.53. The molecule has 4 aliphatic heterocycles. The van der Waals surface area contributed by atoms with Crippen LogP contribution in [-0.4, -0.2) is 102 Å². The van der Waals surface area contributed by atoms with E-state index >= 15 is 4.39 Å².